The number of fused-ring (bicyclic) bond motifs is 1. The summed E-state index contributed by atoms with van der Waals surface area (Å²) in [5, 5.41) is 9.46. The normalized spacial score (nSPS) is 12.0. The quantitative estimate of drug-likeness (QED) is 0.345. The van der Waals surface area contributed by atoms with Gasteiger partial charge in [-0.05, 0) is 56.7 Å². The molecule has 8 nitrogen and oxygen atoms in total. The Morgan fingerprint density at radius 1 is 1.06 bits per heavy atom. The van der Waals surface area contributed by atoms with E-state index in [-0.39, 0.29) is 12.1 Å². The Balaban J connectivity index is 1.65. The number of nitrogens with zero attached hydrogens (tertiary/aromatic N) is 4. The van der Waals surface area contributed by atoms with Gasteiger partial charge < -0.3 is 19.7 Å². The third kappa shape index (κ3) is 4.14. The van der Waals surface area contributed by atoms with Gasteiger partial charge in [0, 0.05) is 48.0 Å². The molecule has 2 N–H and O–H groups in total. The maximum atomic E-state index is 11.6. The number of carbonyl (C=O) groups is 1. The van der Waals surface area contributed by atoms with Crippen molar-refractivity contribution in [2.45, 2.75) is 26.8 Å². The second kappa shape index (κ2) is 9.06. The fourth-order valence-electron chi connectivity index (χ4n) is 4.38. The number of aryl methyl sites for hydroxylation is 2. The summed E-state index contributed by atoms with van der Waals surface area (Å²) in [6.07, 6.45) is 5.80. The van der Waals surface area contributed by atoms with Gasteiger partial charge in [0.05, 0.1) is 28.5 Å². The third-order valence-corrected chi connectivity index (χ3v) is 6.20. The van der Waals surface area contributed by atoms with Crippen LogP contribution in [0.5, 0.6) is 0 Å². The second-order valence-electron chi connectivity index (χ2n) is 8.45. The van der Waals surface area contributed by atoms with E-state index in [1.807, 2.05) is 68.7 Å². The number of rotatable bonds is 5. The molecular formula is C27H26N6O2. The zero-order chi connectivity index (χ0) is 24.5. The predicted molar refractivity (Wildman–Crippen MR) is 136 cm³/mol. The molecule has 0 fully saturated rings. The zero-order valence-electron chi connectivity index (χ0n) is 20.0. The van der Waals surface area contributed by atoms with Gasteiger partial charge in [-0.1, -0.05) is 23.4 Å². The summed E-state index contributed by atoms with van der Waals surface area (Å²) < 4.78 is 7.61. The van der Waals surface area contributed by atoms with Crippen molar-refractivity contribution in [3.05, 3.63) is 84.3 Å². The molecule has 2 amide bonds. The summed E-state index contributed by atoms with van der Waals surface area (Å²) >= 11 is 0. The van der Waals surface area contributed by atoms with E-state index in [4.69, 9.17) is 9.51 Å². The summed E-state index contributed by atoms with van der Waals surface area (Å²) in [4.78, 5) is 21.1. The van der Waals surface area contributed by atoms with Crippen LogP contribution in [0.4, 0.5) is 10.5 Å². The number of carbonyl (C=O) groups excluding carboxylic acids is 1. The smallest absolute Gasteiger partial charge is 0.318 e. The monoisotopic (exact) mass is 466 g/mol. The van der Waals surface area contributed by atoms with Gasteiger partial charge in [-0.2, -0.15) is 0 Å². The van der Waals surface area contributed by atoms with Gasteiger partial charge >= 0.3 is 6.03 Å². The molecule has 0 spiro atoms. The van der Waals surface area contributed by atoms with Crippen molar-refractivity contribution in [3.63, 3.8) is 0 Å². The lowest BCUT2D eigenvalue weighted by molar-refractivity contribution is 0.254. The summed E-state index contributed by atoms with van der Waals surface area (Å²) in [7, 11) is 1.59. The van der Waals surface area contributed by atoms with Crippen LogP contribution in [0.15, 0.2) is 71.6 Å². The first kappa shape index (κ1) is 22.3. The highest BCUT2D eigenvalue weighted by atomic mass is 16.5. The van der Waals surface area contributed by atoms with E-state index in [0.717, 1.165) is 50.4 Å². The van der Waals surface area contributed by atoms with Crippen molar-refractivity contribution >= 4 is 22.8 Å². The third-order valence-electron chi connectivity index (χ3n) is 6.20. The lowest BCUT2D eigenvalue weighted by atomic mass is 10.0. The maximum Gasteiger partial charge on any atom is 0.318 e. The van der Waals surface area contributed by atoms with Crippen molar-refractivity contribution in [2.24, 2.45) is 0 Å². The van der Waals surface area contributed by atoms with Gasteiger partial charge in [-0.3, -0.25) is 9.97 Å². The average Bonchev–Trinajstić information content (AvgIpc) is 3.43. The lowest BCUT2D eigenvalue weighted by Gasteiger charge is -2.15. The van der Waals surface area contributed by atoms with Crippen molar-refractivity contribution in [3.8, 4) is 22.3 Å². The number of benzene rings is 1. The van der Waals surface area contributed by atoms with E-state index in [1.165, 1.54) is 0 Å². The Kier molecular flexibility index (Phi) is 5.78. The van der Waals surface area contributed by atoms with Crippen LogP contribution >= 0.6 is 0 Å². The number of pyridine rings is 2. The molecule has 0 bridgehead atoms. The molecule has 0 aliphatic heterocycles. The van der Waals surface area contributed by atoms with E-state index in [1.54, 1.807) is 7.05 Å². The Morgan fingerprint density at radius 3 is 2.51 bits per heavy atom. The number of hydrogen-bond acceptors (Lipinski definition) is 5. The maximum absolute atomic E-state index is 11.6. The summed E-state index contributed by atoms with van der Waals surface area (Å²) in [5.41, 5.74) is 8.30. The zero-order valence-corrected chi connectivity index (χ0v) is 20.0. The van der Waals surface area contributed by atoms with E-state index >= 15 is 0 Å². The van der Waals surface area contributed by atoms with E-state index in [0.29, 0.717) is 5.69 Å². The van der Waals surface area contributed by atoms with Gasteiger partial charge in [0.2, 0.25) is 0 Å². The molecule has 0 saturated carbocycles. The largest absolute Gasteiger partial charge is 0.361 e. The molecule has 0 radical (unpaired) electrons. The minimum atomic E-state index is -0.257. The van der Waals surface area contributed by atoms with E-state index < -0.39 is 0 Å². The Morgan fingerprint density at radius 2 is 1.86 bits per heavy atom. The Bertz CT molecular complexity index is 1480. The molecule has 5 aromatic rings. The highest BCUT2D eigenvalue weighted by Gasteiger charge is 2.20. The van der Waals surface area contributed by atoms with Crippen molar-refractivity contribution in [1.29, 1.82) is 0 Å². The number of aromatic nitrogens is 4. The first-order valence-electron chi connectivity index (χ1n) is 11.4. The SMILES string of the molecule is CNC(=O)Nc1ccc(-c2cn([C@@H](C)c3ccccn3)c3cc(-c4c(C)noc4C)cnc23)cc1. The van der Waals surface area contributed by atoms with Crippen LogP contribution in [0.25, 0.3) is 33.3 Å². The van der Waals surface area contributed by atoms with Crippen molar-refractivity contribution in [1.82, 2.24) is 25.0 Å². The number of nitrogens with one attached hydrogen (secondary N) is 2. The number of hydrogen-bond donors (Lipinski definition) is 2. The standard InChI is InChI=1S/C27H26N6O2/c1-16-25(18(3)35-32-16)20-13-24-26(30-14-20)22(15-33(24)17(2)23-7-5-6-12-29-23)19-8-10-21(11-9-19)31-27(34)28-4/h5-15,17H,1-4H3,(H2,28,31,34)/t17-/m0/s1. The van der Waals surface area contributed by atoms with Crippen LogP contribution in [0.3, 0.4) is 0 Å². The van der Waals surface area contributed by atoms with Gasteiger partial charge in [0.15, 0.2) is 0 Å². The minimum Gasteiger partial charge on any atom is -0.361 e. The lowest BCUT2D eigenvalue weighted by Crippen LogP contribution is -2.24. The van der Waals surface area contributed by atoms with Crippen LogP contribution in [0.1, 0.15) is 30.1 Å². The molecule has 0 unspecified atom stereocenters. The molecule has 0 aliphatic carbocycles. The van der Waals surface area contributed by atoms with Crippen LogP contribution in [-0.2, 0) is 0 Å². The molecule has 5 rings (SSSR count). The van der Waals surface area contributed by atoms with Crippen molar-refractivity contribution in [2.75, 3.05) is 12.4 Å². The van der Waals surface area contributed by atoms with Crippen LogP contribution in [0, 0.1) is 13.8 Å². The summed E-state index contributed by atoms with van der Waals surface area (Å²) in [6.45, 7) is 5.98. The molecule has 8 heteroatoms. The topological polar surface area (TPSA) is 97.9 Å². The molecule has 1 atom stereocenters. The highest BCUT2D eigenvalue weighted by Crippen LogP contribution is 2.36. The van der Waals surface area contributed by atoms with Crippen LogP contribution in [-0.4, -0.2) is 32.8 Å². The molecule has 0 aliphatic rings. The minimum absolute atomic E-state index is 0.0108. The molecule has 4 heterocycles. The van der Waals surface area contributed by atoms with Gasteiger partial charge in [0.25, 0.3) is 0 Å². The number of anilines is 1. The molecule has 0 saturated heterocycles. The average molecular weight is 467 g/mol. The van der Waals surface area contributed by atoms with Crippen molar-refractivity contribution < 1.29 is 9.32 Å². The number of amides is 2. The van der Waals surface area contributed by atoms with Gasteiger partial charge in [-0.25, -0.2) is 4.79 Å². The molecule has 4 aromatic heterocycles. The van der Waals surface area contributed by atoms with Crippen LogP contribution < -0.4 is 10.6 Å². The van der Waals surface area contributed by atoms with Crippen LogP contribution in [0.2, 0.25) is 0 Å². The first-order chi connectivity index (χ1) is 17.0. The summed E-state index contributed by atoms with van der Waals surface area (Å²) in [5.74, 6) is 0.763. The predicted octanol–water partition coefficient (Wildman–Crippen LogP) is 5.73. The molecule has 176 valence electrons. The fraction of sp³-hybridized carbons (Fsp3) is 0.185. The first-order valence-corrected chi connectivity index (χ1v) is 11.4. The highest BCUT2D eigenvalue weighted by molar-refractivity contribution is 5.96. The van der Waals surface area contributed by atoms with E-state index in [2.05, 4.69) is 44.5 Å². The van der Waals surface area contributed by atoms with Gasteiger partial charge in [0.1, 0.15) is 5.76 Å². The van der Waals surface area contributed by atoms with Gasteiger partial charge in [-0.15, -0.1) is 0 Å². The molecular weight excluding hydrogens is 440 g/mol. The number of urea groups is 1. The van der Waals surface area contributed by atoms with E-state index in [9.17, 15) is 4.79 Å². The second-order valence-corrected chi connectivity index (χ2v) is 8.45. The molecule has 35 heavy (non-hydrogen) atoms. The molecule has 1 aromatic carbocycles. The Hall–Kier alpha value is -4.46. The fourth-order valence-corrected chi connectivity index (χ4v) is 4.38. The Labute approximate surface area is 203 Å². The summed E-state index contributed by atoms with van der Waals surface area (Å²) in [6, 6.07) is 15.6.